The van der Waals surface area contributed by atoms with Crippen molar-refractivity contribution in [3.63, 3.8) is 0 Å². The first-order valence-corrected chi connectivity index (χ1v) is 13.9. The molecule has 21 heavy (non-hydrogen) atoms. The normalized spacial score (nSPS) is 7.71. The summed E-state index contributed by atoms with van der Waals surface area (Å²) < 4.78 is 0. The zero-order valence-electron chi connectivity index (χ0n) is 12.7. The Morgan fingerprint density at radius 3 is 0.476 bits per heavy atom. The Bertz CT molecular complexity index is 73.1. The van der Waals surface area contributed by atoms with Gasteiger partial charge in [0.2, 0.25) is 0 Å². The molecule has 0 radical (unpaired) electrons. The maximum atomic E-state index is 2.17. The third-order valence-corrected chi connectivity index (χ3v) is 8.61. The van der Waals surface area contributed by atoms with Crippen LogP contribution in [0.4, 0.5) is 0 Å². The maximum absolute atomic E-state index is 2.17. The molecule has 6 heteroatoms. The molecule has 0 nitrogen and oxygen atoms in total. The molecule has 0 unspecified atom stereocenters. The van der Waals surface area contributed by atoms with Gasteiger partial charge < -0.3 is 0 Å². The van der Waals surface area contributed by atoms with Gasteiger partial charge in [0.15, 0.2) is 0 Å². The predicted octanol–water partition coefficient (Wildman–Crippen LogP) is 9.13. The lowest BCUT2D eigenvalue weighted by molar-refractivity contribution is 1.53. The van der Waals surface area contributed by atoms with Gasteiger partial charge in [0.05, 0.1) is 0 Å². The van der Waals surface area contributed by atoms with E-state index in [0.29, 0.717) is 0 Å². The predicted molar refractivity (Wildman–Crippen MR) is 129 cm³/mol. The lowest BCUT2D eigenvalue weighted by Crippen LogP contribution is -1.59. The van der Waals surface area contributed by atoms with Crippen LogP contribution in [0.1, 0.15) is 63.8 Å². The monoisotopic (exact) mass is 414 g/mol. The van der Waals surface area contributed by atoms with Gasteiger partial charge in [0, 0.05) is 34.5 Å². The van der Waals surface area contributed by atoms with Crippen LogP contribution in [0.15, 0.2) is 0 Å². The second kappa shape index (κ2) is 49.5. The van der Waals surface area contributed by atoms with Crippen molar-refractivity contribution in [2.75, 3.05) is 34.5 Å². The lowest BCUT2D eigenvalue weighted by Gasteiger charge is -1.86. The Hall–Kier alpha value is 2.10. The molecule has 0 amide bonds. The smallest absolute Gasteiger partial charge is 0.000844 e. The largest absolute Gasteiger partial charge is 0.0945 e. The molecule has 0 rings (SSSR count). The fraction of sp³-hybridized carbons (Fsp3) is 1.00. The summed E-state index contributed by atoms with van der Waals surface area (Å²) in [4.78, 5) is 0. The second-order valence-electron chi connectivity index (χ2n) is 2.44. The van der Waals surface area contributed by atoms with Crippen molar-refractivity contribution < 1.29 is 0 Å². The van der Waals surface area contributed by atoms with Crippen molar-refractivity contribution in [3.05, 3.63) is 0 Å². The highest BCUT2D eigenvalue weighted by molar-refractivity contribution is 8.77. The molecule has 0 saturated heterocycles. The SMILES string of the molecule is C.C.C.CCSSCC.CCSSCC.CCSSCC. The molecule has 0 aliphatic heterocycles. The van der Waals surface area contributed by atoms with Crippen molar-refractivity contribution in [3.8, 4) is 0 Å². The molecule has 0 bridgehead atoms. The Balaban J connectivity index is -0.0000000375. The minimum Gasteiger partial charge on any atom is -0.0945 e. The second-order valence-corrected chi connectivity index (χ2v) is 11.6. The molecular weight excluding hydrogens is 373 g/mol. The van der Waals surface area contributed by atoms with E-state index in [1.165, 1.54) is 34.5 Å². The molecule has 0 aliphatic carbocycles. The van der Waals surface area contributed by atoms with Crippen molar-refractivity contribution in [1.29, 1.82) is 0 Å². The summed E-state index contributed by atoms with van der Waals surface area (Å²) >= 11 is 0. The molecule has 138 valence electrons. The van der Waals surface area contributed by atoms with Crippen LogP contribution >= 0.6 is 64.8 Å². The molecule has 0 saturated carbocycles. The third-order valence-electron chi connectivity index (χ3n) is 0.957. The zero-order valence-corrected chi connectivity index (χ0v) is 17.6. The minimum absolute atomic E-state index is 0. The molecule has 0 spiro atoms. The van der Waals surface area contributed by atoms with Crippen molar-refractivity contribution >= 4 is 64.8 Å². The standard InChI is InChI=1S/3C4H10S2.3CH4/c3*1-3-5-6-4-2;;;/h3*3-4H2,1-2H3;3*1H4. The van der Waals surface area contributed by atoms with Gasteiger partial charge in [-0.05, 0) is 0 Å². The first kappa shape index (κ1) is 38.6. The quantitative estimate of drug-likeness (QED) is 0.270. The topological polar surface area (TPSA) is 0 Å². The Morgan fingerprint density at radius 1 is 0.333 bits per heavy atom. The summed E-state index contributed by atoms with van der Waals surface area (Å²) in [5, 5.41) is 0. The lowest BCUT2D eigenvalue weighted by atomic mass is 11.0. The van der Waals surface area contributed by atoms with Gasteiger partial charge in [-0.15, -0.1) is 0 Å². The van der Waals surface area contributed by atoms with Crippen LogP contribution in [0, 0.1) is 0 Å². The highest BCUT2D eigenvalue weighted by Crippen LogP contribution is 2.19. The molecule has 0 fully saturated rings. The van der Waals surface area contributed by atoms with E-state index in [4.69, 9.17) is 0 Å². The number of rotatable bonds is 9. The molecule has 0 N–H and O–H groups in total. The van der Waals surface area contributed by atoms with E-state index in [-0.39, 0.29) is 22.3 Å². The molecule has 0 atom stereocenters. The highest BCUT2D eigenvalue weighted by atomic mass is 33.1. The fourth-order valence-corrected chi connectivity index (χ4v) is 4.50. The summed E-state index contributed by atoms with van der Waals surface area (Å²) in [6.45, 7) is 13.0. The van der Waals surface area contributed by atoms with Gasteiger partial charge in [-0.3, -0.25) is 0 Å². The molecule has 0 aromatic heterocycles. The van der Waals surface area contributed by atoms with Gasteiger partial charge in [-0.1, -0.05) is 129 Å². The van der Waals surface area contributed by atoms with E-state index in [1.807, 2.05) is 64.8 Å². The molecule has 0 aliphatic rings. The van der Waals surface area contributed by atoms with E-state index in [2.05, 4.69) is 41.5 Å². The van der Waals surface area contributed by atoms with Gasteiger partial charge in [0.1, 0.15) is 0 Å². The maximum Gasteiger partial charge on any atom is 0.000844 e. The summed E-state index contributed by atoms with van der Waals surface area (Å²) in [6, 6.07) is 0. The summed E-state index contributed by atoms with van der Waals surface area (Å²) in [5.74, 6) is 7.41. The molecule has 0 aromatic carbocycles. The van der Waals surface area contributed by atoms with Crippen molar-refractivity contribution in [2.45, 2.75) is 63.8 Å². The first-order valence-electron chi connectivity index (χ1n) is 6.47. The zero-order chi connectivity index (χ0) is 14.5. The summed E-state index contributed by atoms with van der Waals surface area (Å²) in [5.41, 5.74) is 0. The summed E-state index contributed by atoms with van der Waals surface area (Å²) in [7, 11) is 11.5. The highest BCUT2D eigenvalue weighted by Gasteiger charge is 1.76. The van der Waals surface area contributed by atoms with Crippen LogP contribution in [-0.2, 0) is 0 Å². The molecule has 0 heterocycles. The van der Waals surface area contributed by atoms with Crippen LogP contribution in [0.3, 0.4) is 0 Å². The van der Waals surface area contributed by atoms with Crippen LogP contribution in [0.5, 0.6) is 0 Å². The Morgan fingerprint density at radius 2 is 0.429 bits per heavy atom. The van der Waals surface area contributed by atoms with Crippen LogP contribution < -0.4 is 0 Å². The van der Waals surface area contributed by atoms with Gasteiger partial charge in [-0.2, -0.15) is 0 Å². The van der Waals surface area contributed by atoms with E-state index < -0.39 is 0 Å². The number of hydrogen-bond donors (Lipinski definition) is 0. The van der Waals surface area contributed by atoms with Crippen LogP contribution in [0.2, 0.25) is 0 Å². The van der Waals surface area contributed by atoms with Crippen LogP contribution in [0.25, 0.3) is 0 Å². The fourth-order valence-electron chi connectivity index (χ4n) is 0.500. The molecular formula is C15H42S6. The van der Waals surface area contributed by atoms with Crippen molar-refractivity contribution in [1.82, 2.24) is 0 Å². The summed E-state index contributed by atoms with van der Waals surface area (Å²) in [6.07, 6.45) is 0. The average molecular weight is 415 g/mol. The third kappa shape index (κ3) is 72.5. The first-order chi connectivity index (χ1) is 8.74. The molecule has 0 aromatic rings. The van der Waals surface area contributed by atoms with Gasteiger partial charge in [-0.25, -0.2) is 0 Å². The van der Waals surface area contributed by atoms with E-state index >= 15 is 0 Å². The number of hydrogen-bond acceptors (Lipinski definition) is 6. The Labute approximate surface area is 162 Å². The average Bonchev–Trinajstić information content (AvgIpc) is 2.42. The van der Waals surface area contributed by atoms with Crippen molar-refractivity contribution in [2.24, 2.45) is 0 Å². The van der Waals surface area contributed by atoms with Gasteiger partial charge >= 0.3 is 0 Å². The van der Waals surface area contributed by atoms with E-state index in [0.717, 1.165) is 0 Å². The van der Waals surface area contributed by atoms with Crippen LogP contribution in [-0.4, -0.2) is 34.5 Å². The van der Waals surface area contributed by atoms with E-state index in [1.54, 1.807) is 0 Å². The van der Waals surface area contributed by atoms with Gasteiger partial charge in [0.25, 0.3) is 0 Å². The minimum atomic E-state index is 0. The Kier molecular flexibility index (Phi) is 90.9. The van der Waals surface area contributed by atoms with E-state index in [9.17, 15) is 0 Å².